The minimum atomic E-state index is 0.129. The fourth-order valence-corrected chi connectivity index (χ4v) is 4.63. The van der Waals surface area contributed by atoms with Crippen LogP contribution in [0.15, 0.2) is 60.2 Å². The highest BCUT2D eigenvalue weighted by atomic mass is 32.1. The van der Waals surface area contributed by atoms with Gasteiger partial charge in [0.15, 0.2) is 0 Å². The summed E-state index contributed by atoms with van der Waals surface area (Å²) in [4.78, 5) is 6.67. The van der Waals surface area contributed by atoms with Crippen LogP contribution < -0.4 is 4.90 Å². The molecule has 0 aliphatic heterocycles. The maximum Gasteiger partial charge on any atom is 0.131 e. The molecule has 0 radical (unpaired) electrons. The Kier molecular flexibility index (Phi) is 6.45. The monoisotopic (exact) mass is 401 g/mol. The number of allylic oxidation sites excluding steroid dienone is 2. The Morgan fingerprint density at radius 1 is 0.929 bits per heavy atom. The Morgan fingerprint density at radius 2 is 1.61 bits per heavy atom. The van der Waals surface area contributed by atoms with Crippen LogP contribution in [0.25, 0.3) is 21.9 Å². The first-order valence-corrected chi connectivity index (χ1v) is 10.4. The normalized spacial score (nSPS) is 10.4. The summed E-state index contributed by atoms with van der Waals surface area (Å²) in [7, 11) is 4.08. The third-order valence-electron chi connectivity index (χ3n) is 4.10. The van der Waals surface area contributed by atoms with Gasteiger partial charge in [-0.3, -0.25) is 0 Å². The predicted octanol–water partition coefficient (Wildman–Crippen LogP) is 6.23. The van der Waals surface area contributed by atoms with Gasteiger partial charge >= 0.3 is 0 Å². The molecule has 0 amide bonds. The van der Waals surface area contributed by atoms with Crippen molar-refractivity contribution < 1.29 is 0 Å². The molecule has 1 aromatic carbocycles. The van der Waals surface area contributed by atoms with Crippen molar-refractivity contribution in [1.29, 1.82) is 10.5 Å². The molecule has 0 N–H and O–H groups in total. The summed E-state index contributed by atoms with van der Waals surface area (Å²) in [5.41, 5.74) is 2.52. The van der Waals surface area contributed by atoms with Gasteiger partial charge in [0.25, 0.3) is 0 Å². The van der Waals surface area contributed by atoms with E-state index in [0.717, 1.165) is 16.2 Å². The Morgan fingerprint density at radius 3 is 2.29 bits per heavy atom. The minimum absolute atomic E-state index is 0.129. The van der Waals surface area contributed by atoms with Crippen LogP contribution in [-0.2, 0) is 6.42 Å². The number of benzene rings is 1. The van der Waals surface area contributed by atoms with Gasteiger partial charge in [-0.15, -0.1) is 22.7 Å². The van der Waals surface area contributed by atoms with Crippen molar-refractivity contribution in [1.82, 2.24) is 0 Å². The average molecular weight is 402 g/mol. The van der Waals surface area contributed by atoms with E-state index in [-0.39, 0.29) is 5.57 Å². The van der Waals surface area contributed by atoms with E-state index in [1.165, 1.54) is 21.0 Å². The lowest BCUT2D eigenvalue weighted by atomic mass is 10.1. The van der Waals surface area contributed by atoms with Crippen LogP contribution in [-0.4, -0.2) is 14.1 Å². The summed E-state index contributed by atoms with van der Waals surface area (Å²) < 4.78 is 0. The Balaban J connectivity index is 1.65. The molecule has 3 rings (SSSR count). The highest BCUT2D eigenvalue weighted by molar-refractivity contribution is 7.22. The summed E-state index contributed by atoms with van der Waals surface area (Å²) >= 11 is 3.37. The highest BCUT2D eigenvalue weighted by Crippen LogP contribution is 2.34. The Bertz CT molecular complexity index is 1070. The molecule has 28 heavy (non-hydrogen) atoms. The Hall–Kier alpha value is -3.12. The third-order valence-corrected chi connectivity index (χ3v) is 6.43. The summed E-state index contributed by atoms with van der Waals surface area (Å²) in [6.45, 7) is 0. The zero-order valence-corrected chi connectivity index (χ0v) is 17.3. The van der Waals surface area contributed by atoms with Crippen molar-refractivity contribution >= 4 is 40.5 Å². The SMILES string of the molecule is CN(C)c1ccc(/C=C/Cc2ccc(-c3ccc(C=C(C#N)C#N)s3)s2)cc1. The quantitative estimate of drug-likeness (QED) is 0.460. The molecule has 2 aromatic heterocycles. The first-order valence-electron chi connectivity index (χ1n) is 8.74. The van der Waals surface area contributed by atoms with Crippen molar-refractivity contribution in [2.45, 2.75) is 6.42 Å². The van der Waals surface area contributed by atoms with E-state index >= 15 is 0 Å². The molecule has 3 aromatic rings. The van der Waals surface area contributed by atoms with Gasteiger partial charge in [0.2, 0.25) is 0 Å². The molecule has 5 heteroatoms. The molecule has 138 valence electrons. The van der Waals surface area contributed by atoms with E-state index in [4.69, 9.17) is 10.5 Å². The predicted molar refractivity (Wildman–Crippen MR) is 120 cm³/mol. The molecule has 0 saturated carbocycles. The standard InChI is InChI=1S/C23H19N3S2/c1-26(2)19-8-6-17(7-9-19)4-3-5-20-10-12-22(27-20)23-13-11-21(28-23)14-18(15-24)16-25/h3-4,6-14H,5H2,1-2H3/b4-3+. The van der Waals surface area contributed by atoms with Crippen LogP contribution >= 0.6 is 22.7 Å². The van der Waals surface area contributed by atoms with E-state index in [1.54, 1.807) is 28.7 Å². The fourth-order valence-electron chi connectivity index (χ4n) is 2.61. The van der Waals surface area contributed by atoms with Crippen LogP contribution in [0.5, 0.6) is 0 Å². The van der Waals surface area contributed by atoms with Gasteiger partial charge in [0.1, 0.15) is 17.7 Å². The van der Waals surface area contributed by atoms with Crippen LogP contribution in [0.4, 0.5) is 5.69 Å². The zero-order chi connectivity index (χ0) is 19.9. The number of nitriles is 2. The molecular weight excluding hydrogens is 382 g/mol. The molecule has 0 atom stereocenters. The molecule has 0 unspecified atom stereocenters. The average Bonchev–Trinajstić information content (AvgIpc) is 3.36. The second kappa shape index (κ2) is 9.19. The smallest absolute Gasteiger partial charge is 0.131 e. The van der Waals surface area contributed by atoms with Gasteiger partial charge in [-0.25, -0.2) is 0 Å². The van der Waals surface area contributed by atoms with Gasteiger partial charge in [-0.2, -0.15) is 10.5 Å². The molecule has 2 heterocycles. The lowest BCUT2D eigenvalue weighted by Crippen LogP contribution is -2.07. The first kappa shape index (κ1) is 19.6. The lowest BCUT2D eigenvalue weighted by molar-refractivity contribution is 1.13. The number of hydrogen-bond acceptors (Lipinski definition) is 5. The van der Waals surface area contributed by atoms with Crippen molar-refractivity contribution in [3.05, 3.63) is 75.5 Å². The molecule has 0 bridgehead atoms. The van der Waals surface area contributed by atoms with Crippen LogP contribution in [0.1, 0.15) is 15.3 Å². The van der Waals surface area contributed by atoms with E-state index < -0.39 is 0 Å². The van der Waals surface area contributed by atoms with Gasteiger partial charge in [-0.1, -0.05) is 24.3 Å². The van der Waals surface area contributed by atoms with E-state index in [2.05, 4.69) is 53.5 Å². The molecule has 3 nitrogen and oxygen atoms in total. The van der Waals surface area contributed by atoms with E-state index in [1.807, 2.05) is 38.4 Å². The van der Waals surface area contributed by atoms with Crippen LogP contribution in [0, 0.1) is 22.7 Å². The van der Waals surface area contributed by atoms with E-state index in [9.17, 15) is 0 Å². The summed E-state index contributed by atoms with van der Waals surface area (Å²) in [6, 6.07) is 20.6. The molecular formula is C23H19N3S2. The maximum atomic E-state index is 8.87. The Labute approximate surface area is 173 Å². The molecule has 0 aliphatic carbocycles. The topological polar surface area (TPSA) is 50.8 Å². The zero-order valence-electron chi connectivity index (χ0n) is 15.7. The van der Waals surface area contributed by atoms with Crippen LogP contribution in [0.2, 0.25) is 0 Å². The van der Waals surface area contributed by atoms with Gasteiger partial charge in [0.05, 0.1) is 0 Å². The maximum absolute atomic E-state index is 8.87. The van der Waals surface area contributed by atoms with Gasteiger partial charge in [0, 0.05) is 45.7 Å². The van der Waals surface area contributed by atoms with Gasteiger partial charge in [-0.05, 0) is 48.0 Å². The summed E-state index contributed by atoms with van der Waals surface area (Å²) in [6.07, 6.45) is 6.87. The largest absolute Gasteiger partial charge is 0.378 e. The van der Waals surface area contributed by atoms with Gasteiger partial charge < -0.3 is 4.90 Å². The third kappa shape index (κ3) is 4.98. The number of hydrogen-bond donors (Lipinski definition) is 0. The number of anilines is 1. The number of nitrogens with zero attached hydrogens (tertiary/aromatic N) is 3. The molecule has 0 spiro atoms. The minimum Gasteiger partial charge on any atom is -0.378 e. The van der Waals surface area contributed by atoms with Crippen molar-refractivity contribution in [3.63, 3.8) is 0 Å². The molecule has 0 fully saturated rings. The van der Waals surface area contributed by atoms with Crippen molar-refractivity contribution in [2.24, 2.45) is 0 Å². The van der Waals surface area contributed by atoms with E-state index in [0.29, 0.717) is 0 Å². The lowest BCUT2D eigenvalue weighted by Gasteiger charge is -2.11. The van der Waals surface area contributed by atoms with Crippen LogP contribution in [0.3, 0.4) is 0 Å². The number of rotatable bonds is 6. The molecule has 0 aliphatic rings. The summed E-state index contributed by atoms with van der Waals surface area (Å²) in [5.74, 6) is 0. The van der Waals surface area contributed by atoms with Crippen molar-refractivity contribution in [2.75, 3.05) is 19.0 Å². The second-order valence-electron chi connectivity index (χ2n) is 6.34. The number of thiophene rings is 2. The fraction of sp³-hybridized carbons (Fsp3) is 0.130. The highest BCUT2D eigenvalue weighted by Gasteiger charge is 2.06. The molecule has 0 saturated heterocycles. The second-order valence-corrected chi connectivity index (χ2v) is 8.63. The summed E-state index contributed by atoms with van der Waals surface area (Å²) in [5, 5.41) is 17.7. The first-order chi connectivity index (χ1) is 13.6. The van der Waals surface area contributed by atoms with Crippen molar-refractivity contribution in [3.8, 4) is 21.9 Å².